The van der Waals surface area contributed by atoms with Crippen molar-refractivity contribution >= 4 is 30.5 Å². The van der Waals surface area contributed by atoms with E-state index in [1.54, 1.807) is 37.3 Å². The molecule has 1 aromatic carbocycles. The molecule has 0 bridgehead atoms. The van der Waals surface area contributed by atoms with Crippen molar-refractivity contribution in [3.05, 3.63) is 60.4 Å². The fourth-order valence-corrected chi connectivity index (χ4v) is 3.21. The zero-order valence-corrected chi connectivity index (χ0v) is 17.7. The molecule has 0 spiro atoms. The van der Waals surface area contributed by atoms with Crippen molar-refractivity contribution in [2.45, 2.75) is 25.4 Å². The second kappa shape index (κ2) is 10.1. The van der Waals surface area contributed by atoms with Gasteiger partial charge >= 0.3 is 7.60 Å². The van der Waals surface area contributed by atoms with Crippen LogP contribution in [-0.4, -0.2) is 59.2 Å². The van der Waals surface area contributed by atoms with E-state index < -0.39 is 38.6 Å². The lowest BCUT2D eigenvalue weighted by Gasteiger charge is -2.23. The maximum atomic E-state index is 13.0. The number of ether oxygens (including phenoxy) is 1. The SMILES string of the molecule is CC(O[C@H](/C=C/P(=O)(O)O)[C@@H](O)CF)n1cnc2c(NC(=O)c3ccccc3)ncnc21. The van der Waals surface area contributed by atoms with Crippen molar-refractivity contribution in [3.63, 3.8) is 0 Å². The van der Waals surface area contributed by atoms with Crippen LogP contribution >= 0.6 is 7.60 Å². The summed E-state index contributed by atoms with van der Waals surface area (Å²) in [5.41, 5.74) is 0.971. The van der Waals surface area contributed by atoms with Gasteiger partial charge in [0.05, 0.1) is 6.33 Å². The van der Waals surface area contributed by atoms with Crippen LogP contribution in [0, 0.1) is 0 Å². The molecule has 32 heavy (non-hydrogen) atoms. The molecular weight excluding hydrogens is 444 g/mol. The van der Waals surface area contributed by atoms with Gasteiger partial charge in [-0.15, -0.1) is 0 Å². The summed E-state index contributed by atoms with van der Waals surface area (Å²) in [6, 6.07) is 8.52. The van der Waals surface area contributed by atoms with Gasteiger partial charge in [-0.05, 0) is 25.1 Å². The largest absolute Gasteiger partial charge is 0.387 e. The third-order valence-electron chi connectivity index (χ3n) is 4.38. The summed E-state index contributed by atoms with van der Waals surface area (Å²) in [5, 5.41) is 12.5. The fourth-order valence-electron chi connectivity index (χ4n) is 2.82. The van der Waals surface area contributed by atoms with E-state index >= 15 is 0 Å². The second-order valence-corrected chi connectivity index (χ2v) is 8.20. The number of alkyl halides is 1. The van der Waals surface area contributed by atoms with Crippen LogP contribution < -0.4 is 5.32 Å². The molecule has 1 unspecified atom stereocenters. The number of hydrogen-bond donors (Lipinski definition) is 4. The van der Waals surface area contributed by atoms with Crippen molar-refractivity contribution in [1.82, 2.24) is 19.5 Å². The summed E-state index contributed by atoms with van der Waals surface area (Å²) in [6.45, 7) is 0.361. The van der Waals surface area contributed by atoms with Gasteiger partial charge in [0.1, 0.15) is 31.4 Å². The van der Waals surface area contributed by atoms with Gasteiger partial charge in [-0.3, -0.25) is 13.9 Å². The number of carbonyl (C=O) groups excluding carboxylic acids is 1. The first-order valence-electron chi connectivity index (χ1n) is 9.37. The van der Waals surface area contributed by atoms with Gasteiger partial charge < -0.3 is 24.9 Å². The monoisotopic (exact) mass is 465 g/mol. The van der Waals surface area contributed by atoms with E-state index in [4.69, 9.17) is 14.5 Å². The van der Waals surface area contributed by atoms with Crippen LogP contribution in [0.4, 0.5) is 10.2 Å². The number of aliphatic hydroxyl groups is 1. The van der Waals surface area contributed by atoms with Crippen LogP contribution in [0.5, 0.6) is 0 Å². The van der Waals surface area contributed by atoms with Gasteiger partial charge in [0, 0.05) is 11.4 Å². The lowest BCUT2D eigenvalue weighted by Crippen LogP contribution is -2.31. The lowest BCUT2D eigenvalue weighted by atomic mass is 10.2. The smallest absolute Gasteiger partial charge is 0.348 e. The predicted molar refractivity (Wildman–Crippen MR) is 112 cm³/mol. The number of nitrogens with zero attached hydrogens (tertiary/aromatic N) is 4. The Morgan fingerprint density at radius 3 is 2.66 bits per heavy atom. The maximum Gasteiger partial charge on any atom is 0.348 e. The average molecular weight is 465 g/mol. The molecular formula is C19H21FN5O6P. The molecule has 4 N–H and O–H groups in total. The highest BCUT2D eigenvalue weighted by Crippen LogP contribution is 2.36. The Hall–Kier alpha value is -3.02. The molecule has 0 fully saturated rings. The van der Waals surface area contributed by atoms with E-state index in [0.29, 0.717) is 11.4 Å². The summed E-state index contributed by atoms with van der Waals surface area (Å²) in [7, 11) is -4.53. The first-order chi connectivity index (χ1) is 15.2. The number of hydrogen-bond acceptors (Lipinski definition) is 7. The minimum Gasteiger partial charge on any atom is -0.387 e. The number of aliphatic hydroxyl groups excluding tert-OH is 1. The Morgan fingerprint density at radius 1 is 1.28 bits per heavy atom. The van der Waals surface area contributed by atoms with Gasteiger partial charge in [0.15, 0.2) is 17.0 Å². The van der Waals surface area contributed by atoms with Crippen molar-refractivity contribution in [3.8, 4) is 0 Å². The molecule has 170 valence electrons. The van der Waals surface area contributed by atoms with E-state index in [9.17, 15) is 18.9 Å². The van der Waals surface area contributed by atoms with Crippen LogP contribution in [-0.2, 0) is 9.30 Å². The first kappa shape index (κ1) is 23.6. The van der Waals surface area contributed by atoms with Crippen LogP contribution in [0.3, 0.4) is 0 Å². The van der Waals surface area contributed by atoms with Crippen molar-refractivity contribution in [1.29, 1.82) is 0 Å². The van der Waals surface area contributed by atoms with Crippen molar-refractivity contribution in [2.75, 3.05) is 12.0 Å². The molecule has 13 heteroatoms. The van der Waals surface area contributed by atoms with Gasteiger partial charge in [-0.1, -0.05) is 18.2 Å². The zero-order valence-electron chi connectivity index (χ0n) is 16.8. The first-order valence-corrected chi connectivity index (χ1v) is 11.1. The number of carbonyl (C=O) groups is 1. The predicted octanol–water partition coefficient (Wildman–Crippen LogP) is 2.00. The molecule has 0 aliphatic carbocycles. The lowest BCUT2D eigenvalue weighted by molar-refractivity contribution is -0.0785. The molecule has 2 aromatic heterocycles. The fraction of sp³-hybridized carbons (Fsp3) is 0.263. The highest BCUT2D eigenvalue weighted by Gasteiger charge is 2.24. The van der Waals surface area contributed by atoms with E-state index in [1.807, 2.05) is 0 Å². The Balaban J connectivity index is 1.84. The number of aromatic nitrogens is 4. The number of amides is 1. The number of fused-ring (bicyclic) bond motifs is 1. The average Bonchev–Trinajstić information content (AvgIpc) is 3.21. The number of nitrogens with one attached hydrogen (secondary N) is 1. The number of benzene rings is 1. The number of anilines is 1. The highest BCUT2D eigenvalue weighted by molar-refractivity contribution is 7.55. The standard InChI is InChI=1S/C19H21FN5O6P/c1-12(31-15(14(26)9-20)7-8-32(28,29)30)25-11-23-16-17(21-10-22-18(16)25)24-19(27)13-5-3-2-4-6-13/h2-8,10-12,14-15,26H,9H2,1H3,(H2,28,29,30)(H,21,22,24,27)/b8-7+/t12?,14-,15+/m0/s1. The van der Waals surface area contributed by atoms with Gasteiger partial charge in [-0.2, -0.15) is 0 Å². The van der Waals surface area contributed by atoms with Crippen LogP contribution in [0.25, 0.3) is 11.2 Å². The molecule has 2 heterocycles. The van der Waals surface area contributed by atoms with Crippen LogP contribution in [0.1, 0.15) is 23.5 Å². The maximum absolute atomic E-state index is 13.0. The molecule has 0 saturated carbocycles. The van der Waals surface area contributed by atoms with E-state index in [0.717, 1.165) is 6.08 Å². The second-order valence-electron chi connectivity index (χ2n) is 6.72. The van der Waals surface area contributed by atoms with Gasteiger partial charge in [0.2, 0.25) is 0 Å². The minimum absolute atomic E-state index is 0.163. The summed E-state index contributed by atoms with van der Waals surface area (Å²) < 4.78 is 31.1. The summed E-state index contributed by atoms with van der Waals surface area (Å²) in [5.74, 6) is 0.309. The third kappa shape index (κ3) is 5.81. The Kier molecular flexibility index (Phi) is 7.44. The van der Waals surface area contributed by atoms with Crippen LogP contribution in [0.2, 0.25) is 0 Å². The summed E-state index contributed by atoms with van der Waals surface area (Å²) in [4.78, 5) is 42.8. The molecule has 3 aromatic rings. The molecule has 3 atom stereocenters. The quantitative estimate of drug-likeness (QED) is 0.347. The number of rotatable bonds is 9. The molecule has 0 radical (unpaired) electrons. The highest BCUT2D eigenvalue weighted by atomic mass is 31.2. The van der Waals surface area contributed by atoms with Crippen LogP contribution in [0.15, 0.2) is 54.9 Å². The third-order valence-corrected chi connectivity index (χ3v) is 4.94. The summed E-state index contributed by atoms with van der Waals surface area (Å²) >= 11 is 0. The van der Waals surface area contributed by atoms with Gasteiger partial charge in [-0.25, -0.2) is 19.3 Å². The molecule has 3 rings (SSSR count). The molecule has 0 saturated heterocycles. The molecule has 11 nitrogen and oxygen atoms in total. The van der Waals surface area contributed by atoms with E-state index in [1.165, 1.54) is 17.2 Å². The van der Waals surface area contributed by atoms with Crippen molar-refractivity contribution in [2.24, 2.45) is 0 Å². The molecule has 1 amide bonds. The Morgan fingerprint density at radius 2 is 2.00 bits per heavy atom. The summed E-state index contributed by atoms with van der Waals surface area (Å²) in [6.07, 6.45) is -0.394. The molecule has 0 aliphatic heterocycles. The normalized spacial score (nSPS) is 15.0. The Labute approximate surface area is 181 Å². The zero-order chi connectivity index (χ0) is 23.3. The minimum atomic E-state index is -4.53. The molecule has 0 aliphatic rings. The Bertz CT molecular complexity index is 1150. The number of halogens is 1. The topological polar surface area (TPSA) is 160 Å². The van der Waals surface area contributed by atoms with Gasteiger partial charge in [0.25, 0.3) is 5.91 Å². The number of imidazole rings is 1. The van der Waals surface area contributed by atoms with Crippen molar-refractivity contribution < 1.29 is 33.4 Å². The van der Waals surface area contributed by atoms with E-state index in [-0.39, 0.29) is 17.0 Å². The van der Waals surface area contributed by atoms with E-state index in [2.05, 4.69) is 20.3 Å².